The molecule has 1 saturated carbocycles. The van der Waals surface area contributed by atoms with Crippen molar-refractivity contribution in [1.29, 1.82) is 0 Å². The van der Waals surface area contributed by atoms with Gasteiger partial charge in [-0.1, -0.05) is 27.2 Å². The minimum Gasteiger partial charge on any atom is -0.461 e. The molecule has 0 aliphatic heterocycles. The van der Waals surface area contributed by atoms with Gasteiger partial charge in [-0.3, -0.25) is 14.9 Å². The molecule has 1 aromatic carbocycles. The number of imidazole rings is 1. The second-order valence-corrected chi connectivity index (χ2v) is 11.6. The Bertz CT molecular complexity index is 1260. The summed E-state index contributed by atoms with van der Waals surface area (Å²) in [6.45, 7) is 8.68. The van der Waals surface area contributed by atoms with Crippen molar-refractivity contribution in [3.63, 3.8) is 0 Å². The second-order valence-electron chi connectivity index (χ2n) is 9.78. The number of nitrogen functional groups attached to an aromatic ring is 2. The van der Waals surface area contributed by atoms with Gasteiger partial charge in [0.05, 0.1) is 16.3 Å². The predicted octanol–water partition coefficient (Wildman–Crippen LogP) is 2.90. The van der Waals surface area contributed by atoms with E-state index in [1.807, 2.05) is 0 Å². The number of ether oxygens (including phenoxy) is 1. The number of hydrogen-bond acceptors (Lipinski definition) is 9. The smallest absolute Gasteiger partial charge is 0.327 e. The Hall–Kier alpha value is -3.35. The van der Waals surface area contributed by atoms with Gasteiger partial charge in [0.25, 0.3) is 15.7 Å². The standard InChI is InChI=1S/C23H34N6O6S/c1-13(2)18-8-6-14(3)10-20(18)35-22(30)12-27(23-15(4)28(25)16(5)26-23)36(33,34)21-11-17(29(31)32)7-9-19(21)24/h7,9,11,13-14,18,20H,6,8,10,12,24-25H2,1-5H3/t14-,18-,20-/m1/s1. The molecule has 198 valence electrons. The van der Waals surface area contributed by atoms with E-state index in [0.717, 1.165) is 35.3 Å². The molecule has 2 aromatic rings. The molecule has 1 heterocycles. The van der Waals surface area contributed by atoms with Crippen molar-refractivity contribution < 1.29 is 22.9 Å². The Morgan fingerprint density at radius 2 is 2.00 bits per heavy atom. The van der Waals surface area contributed by atoms with Crippen LogP contribution in [0.25, 0.3) is 0 Å². The van der Waals surface area contributed by atoms with Gasteiger partial charge >= 0.3 is 5.97 Å². The molecule has 1 aliphatic rings. The summed E-state index contributed by atoms with van der Waals surface area (Å²) < 4.78 is 35.3. The second kappa shape index (κ2) is 10.3. The van der Waals surface area contributed by atoms with E-state index in [1.54, 1.807) is 13.8 Å². The first-order chi connectivity index (χ1) is 16.7. The topological polar surface area (TPSA) is 177 Å². The van der Waals surface area contributed by atoms with E-state index < -0.39 is 38.0 Å². The normalized spacial score (nSPS) is 20.3. The van der Waals surface area contributed by atoms with Crippen LogP contribution in [0.5, 0.6) is 0 Å². The molecule has 0 unspecified atom stereocenters. The molecular formula is C23H34N6O6S. The van der Waals surface area contributed by atoms with Crippen LogP contribution in [0.15, 0.2) is 23.1 Å². The van der Waals surface area contributed by atoms with Crippen LogP contribution in [0.1, 0.15) is 51.6 Å². The molecule has 0 bridgehead atoms. The number of esters is 1. The number of nitrogens with zero attached hydrogens (tertiary/aromatic N) is 4. The lowest BCUT2D eigenvalue weighted by Crippen LogP contribution is -2.41. The number of nitro benzene ring substituents is 1. The Labute approximate surface area is 210 Å². The maximum absolute atomic E-state index is 13.8. The fourth-order valence-electron chi connectivity index (χ4n) is 4.70. The first kappa shape index (κ1) is 27.2. The summed E-state index contributed by atoms with van der Waals surface area (Å²) in [6, 6.07) is 3.10. The molecule has 0 radical (unpaired) electrons. The van der Waals surface area contributed by atoms with Crippen molar-refractivity contribution in [3.8, 4) is 0 Å². The number of sulfonamides is 1. The number of nitrogens with two attached hydrogens (primary N) is 2. The predicted molar refractivity (Wildman–Crippen MR) is 135 cm³/mol. The first-order valence-electron chi connectivity index (χ1n) is 11.8. The summed E-state index contributed by atoms with van der Waals surface area (Å²) in [5, 5.41) is 11.3. The highest BCUT2D eigenvalue weighted by molar-refractivity contribution is 7.93. The number of carbonyl (C=O) groups is 1. The Balaban J connectivity index is 2.02. The van der Waals surface area contributed by atoms with Gasteiger partial charge in [-0.05, 0) is 50.5 Å². The van der Waals surface area contributed by atoms with Crippen LogP contribution in [0.4, 0.5) is 17.2 Å². The maximum atomic E-state index is 13.8. The molecule has 12 nitrogen and oxygen atoms in total. The van der Waals surface area contributed by atoms with Crippen LogP contribution >= 0.6 is 0 Å². The molecule has 3 atom stereocenters. The van der Waals surface area contributed by atoms with Crippen molar-refractivity contribution in [2.45, 2.75) is 64.9 Å². The number of non-ortho nitro benzene ring substituents is 1. The van der Waals surface area contributed by atoms with E-state index in [0.29, 0.717) is 18.2 Å². The highest BCUT2D eigenvalue weighted by Crippen LogP contribution is 2.36. The molecule has 0 spiro atoms. The number of benzene rings is 1. The number of aromatic nitrogens is 2. The van der Waals surface area contributed by atoms with E-state index in [-0.39, 0.29) is 35.1 Å². The van der Waals surface area contributed by atoms with Crippen LogP contribution in [0.3, 0.4) is 0 Å². The molecule has 0 amide bonds. The number of hydrogen-bond donors (Lipinski definition) is 2. The minimum atomic E-state index is -4.57. The van der Waals surface area contributed by atoms with E-state index >= 15 is 0 Å². The summed E-state index contributed by atoms with van der Waals surface area (Å²) in [4.78, 5) is 27.5. The summed E-state index contributed by atoms with van der Waals surface area (Å²) in [7, 11) is -4.57. The van der Waals surface area contributed by atoms with E-state index in [2.05, 4.69) is 25.8 Å². The van der Waals surface area contributed by atoms with Gasteiger partial charge in [-0.15, -0.1) is 0 Å². The zero-order valence-corrected chi connectivity index (χ0v) is 22.0. The lowest BCUT2D eigenvalue weighted by Gasteiger charge is -2.37. The highest BCUT2D eigenvalue weighted by atomic mass is 32.2. The third kappa shape index (κ3) is 5.40. The Morgan fingerprint density at radius 3 is 2.56 bits per heavy atom. The third-order valence-electron chi connectivity index (χ3n) is 6.83. The van der Waals surface area contributed by atoms with Gasteiger partial charge in [0.15, 0.2) is 5.82 Å². The fourth-order valence-corrected chi connectivity index (χ4v) is 6.25. The SMILES string of the molecule is Cc1nc(N(CC(=O)O[C@@H]2C[C@H](C)CC[C@@H]2C(C)C)S(=O)(=O)c2cc([N+](=O)[O-])ccc2N)c(C)n1N. The van der Waals surface area contributed by atoms with Crippen LogP contribution in [0, 0.1) is 41.7 Å². The van der Waals surface area contributed by atoms with Crippen LogP contribution in [-0.4, -0.2) is 41.6 Å². The van der Waals surface area contributed by atoms with Crippen molar-refractivity contribution in [2.75, 3.05) is 22.4 Å². The minimum absolute atomic E-state index is 0.0877. The quantitative estimate of drug-likeness (QED) is 0.173. The molecule has 3 rings (SSSR count). The molecule has 36 heavy (non-hydrogen) atoms. The number of aryl methyl sites for hydroxylation is 1. The number of rotatable bonds is 8. The Morgan fingerprint density at radius 1 is 1.33 bits per heavy atom. The highest BCUT2D eigenvalue weighted by Gasteiger charge is 2.37. The summed E-state index contributed by atoms with van der Waals surface area (Å²) >= 11 is 0. The van der Waals surface area contributed by atoms with Gasteiger partial charge in [0.2, 0.25) is 0 Å². The van der Waals surface area contributed by atoms with E-state index in [1.165, 1.54) is 4.68 Å². The first-order valence-corrected chi connectivity index (χ1v) is 13.2. The van der Waals surface area contributed by atoms with Gasteiger partial charge in [0, 0.05) is 12.1 Å². The molecular weight excluding hydrogens is 488 g/mol. The zero-order chi connectivity index (χ0) is 26.9. The van der Waals surface area contributed by atoms with Crippen molar-refractivity contribution >= 4 is 33.2 Å². The average molecular weight is 523 g/mol. The number of carbonyl (C=O) groups excluding carboxylic acids is 1. The molecule has 1 aliphatic carbocycles. The van der Waals surface area contributed by atoms with E-state index in [4.69, 9.17) is 16.3 Å². The summed E-state index contributed by atoms with van der Waals surface area (Å²) in [5.74, 6) is 6.26. The van der Waals surface area contributed by atoms with Crippen LogP contribution in [0.2, 0.25) is 0 Å². The van der Waals surface area contributed by atoms with E-state index in [9.17, 15) is 23.3 Å². The Kier molecular flexibility index (Phi) is 7.82. The monoisotopic (exact) mass is 522 g/mol. The molecule has 1 aromatic heterocycles. The largest absolute Gasteiger partial charge is 0.461 e. The molecule has 1 fully saturated rings. The average Bonchev–Trinajstić information content (AvgIpc) is 3.04. The van der Waals surface area contributed by atoms with Crippen molar-refractivity contribution in [2.24, 2.45) is 17.8 Å². The third-order valence-corrected chi connectivity index (χ3v) is 8.62. The van der Waals surface area contributed by atoms with Crippen molar-refractivity contribution in [1.82, 2.24) is 9.66 Å². The molecule has 13 heteroatoms. The summed E-state index contributed by atoms with van der Waals surface area (Å²) in [6.07, 6.45) is 2.30. The zero-order valence-electron chi connectivity index (χ0n) is 21.2. The summed E-state index contributed by atoms with van der Waals surface area (Å²) in [5.41, 5.74) is 5.53. The molecule has 0 saturated heterocycles. The van der Waals surface area contributed by atoms with Crippen LogP contribution < -0.4 is 15.9 Å². The van der Waals surface area contributed by atoms with Crippen LogP contribution in [-0.2, 0) is 19.6 Å². The molecule has 4 N–H and O–H groups in total. The maximum Gasteiger partial charge on any atom is 0.327 e. The van der Waals surface area contributed by atoms with Gasteiger partial charge in [-0.25, -0.2) is 22.4 Å². The van der Waals surface area contributed by atoms with Gasteiger partial charge in [0.1, 0.15) is 23.4 Å². The fraction of sp³-hybridized carbons (Fsp3) is 0.565. The van der Waals surface area contributed by atoms with Gasteiger partial charge in [-0.2, -0.15) is 0 Å². The lowest BCUT2D eigenvalue weighted by molar-refractivity contribution is -0.385. The van der Waals surface area contributed by atoms with Crippen molar-refractivity contribution in [3.05, 3.63) is 39.8 Å². The lowest BCUT2D eigenvalue weighted by atomic mass is 9.75. The number of anilines is 2. The van der Waals surface area contributed by atoms with Gasteiger partial charge < -0.3 is 16.3 Å². The number of nitro groups is 1.